The van der Waals surface area contributed by atoms with Crippen LogP contribution < -0.4 is 0 Å². The van der Waals surface area contributed by atoms with E-state index in [0.717, 1.165) is 12.6 Å². The Labute approximate surface area is 81.3 Å². The highest BCUT2D eigenvalue weighted by Crippen LogP contribution is 2.36. The van der Waals surface area contributed by atoms with E-state index in [1.54, 1.807) is 0 Å². The highest BCUT2D eigenvalue weighted by molar-refractivity contribution is 4.94. The molecule has 0 aromatic heterocycles. The van der Waals surface area contributed by atoms with Gasteiger partial charge >= 0.3 is 0 Å². The van der Waals surface area contributed by atoms with E-state index >= 15 is 0 Å². The van der Waals surface area contributed by atoms with E-state index in [2.05, 4.69) is 18.7 Å². The van der Waals surface area contributed by atoms with Gasteiger partial charge in [-0.25, -0.2) is 0 Å². The summed E-state index contributed by atoms with van der Waals surface area (Å²) in [5.41, 5.74) is 0.279. The number of rotatable bonds is 2. The lowest BCUT2D eigenvalue weighted by atomic mass is 9.85. The molecular weight excluding hydrogens is 162 g/mol. The first-order chi connectivity index (χ1) is 6.26. The average Bonchev–Trinajstić information content (AvgIpc) is 2.14. The maximum absolute atomic E-state index is 5.74. The first-order valence-electron chi connectivity index (χ1n) is 5.64. The minimum Gasteiger partial charge on any atom is -0.373 e. The summed E-state index contributed by atoms with van der Waals surface area (Å²) in [5.74, 6) is 0. The van der Waals surface area contributed by atoms with Crippen LogP contribution in [0.2, 0.25) is 0 Å². The van der Waals surface area contributed by atoms with E-state index < -0.39 is 0 Å². The van der Waals surface area contributed by atoms with Crippen LogP contribution in [0.1, 0.15) is 39.5 Å². The lowest BCUT2D eigenvalue weighted by Crippen LogP contribution is -2.57. The molecule has 0 amide bonds. The van der Waals surface area contributed by atoms with Crippen molar-refractivity contribution in [3.05, 3.63) is 0 Å². The number of hydrogen-bond acceptors (Lipinski definition) is 2. The molecule has 1 spiro atoms. The fourth-order valence-electron chi connectivity index (χ4n) is 2.48. The molecule has 0 aromatic carbocycles. The Morgan fingerprint density at radius 1 is 1.46 bits per heavy atom. The first-order valence-corrected chi connectivity index (χ1v) is 5.64. The van der Waals surface area contributed by atoms with Crippen molar-refractivity contribution in [3.8, 4) is 0 Å². The second-order valence-electron chi connectivity index (χ2n) is 4.61. The highest BCUT2D eigenvalue weighted by Gasteiger charge is 2.42. The highest BCUT2D eigenvalue weighted by atomic mass is 16.5. The SMILES string of the molecule is CCC(C)N1CCCC2(CCO2)C1. The average molecular weight is 183 g/mol. The topological polar surface area (TPSA) is 12.5 Å². The molecule has 2 fully saturated rings. The van der Waals surface area contributed by atoms with Crippen molar-refractivity contribution in [2.45, 2.75) is 51.2 Å². The van der Waals surface area contributed by atoms with Crippen LogP contribution in [-0.2, 0) is 4.74 Å². The summed E-state index contributed by atoms with van der Waals surface area (Å²) < 4.78 is 5.74. The molecule has 13 heavy (non-hydrogen) atoms. The van der Waals surface area contributed by atoms with E-state index in [1.807, 2.05) is 0 Å². The lowest BCUT2D eigenvalue weighted by molar-refractivity contribution is -0.180. The van der Waals surface area contributed by atoms with Crippen molar-refractivity contribution in [1.82, 2.24) is 4.90 Å². The summed E-state index contributed by atoms with van der Waals surface area (Å²) >= 11 is 0. The van der Waals surface area contributed by atoms with Gasteiger partial charge in [0.2, 0.25) is 0 Å². The van der Waals surface area contributed by atoms with Gasteiger partial charge in [-0.05, 0) is 32.7 Å². The summed E-state index contributed by atoms with van der Waals surface area (Å²) in [7, 11) is 0. The molecule has 2 rings (SSSR count). The lowest BCUT2D eigenvalue weighted by Gasteiger charge is -2.50. The largest absolute Gasteiger partial charge is 0.373 e. The van der Waals surface area contributed by atoms with Gasteiger partial charge in [-0.3, -0.25) is 4.90 Å². The molecule has 2 unspecified atom stereocenters. The van der Waals surface area contributed by atoms with E-state index in [-0.39, 0.29) is 5.60 Å². The molecule has 0 aromatic rings. The van der Waals surface area contributed by atoms with Gasteiger partial charge in [-0.2, -0.15) is 0 Å². The Hall–Kier alpha value is -0.0800. The molecule has 2 atom stereocenters. The van der Waals surface area contributed by atoms with Crippen molar-refractivity contribution in [2.24, 2.45) is 0 Å². The van der Waals surface area contributed by atoms with Gasteiger partial charge in [0.05, 0.1) is 12.2 Å². The number of likely N-dealkylation sites (tertiary alicyclic amines) is 1. The summed E-state index contributed by atoms with van der Waals surface area (Å²) in [6, 6.07) is 0.737. The minimum absolute atomic E-state index is 0.279. The Kier molecular flexibility index (Phi) is 2.61. The molecule has 2 nitrogen and oxygen atoms in total. The third kappa shape index (κ3) is 1.75. The van der Waals surface area contributed by atoms with Crippen molar-refractivity contribution in [1.29, 1.82) is 0 Å². The van der Waals surface area contributed by atoms with Crippen LogP contribution in [0.5, 0.6) is 0 Å². The molecular formula is C11H21NO. The zero-order valence-electron chi connectivity index (χ0n) is 8.88. The van der Waals surface area contributed by atoms with Gasteiger partial charge in [-0.1, -0.05) is 6.92 Å². The zero-order chi connectivity index (χ0) is 9.31. The van der Waals surface area contributed by atoms with Crippen molar-refractivity contribution in [2.75, 3.05) is 19.7 Å². The number of piperidine rings is 1. The summed E-state index contributed by atoms with van der Waals surface area (Å²) in [6.07, 6.45) is 5.17. The molecule has 0 aliphatic carbocycles. The van der Waals surface area contributed by atoms with Crippen LogP contribution in [-0.4, -0.2) is 36.2 Å². The van der Waals surface area contributed by atoms with Crippen LogP contribution in [0, 0.1) is 0 Å². The quantitative estimate of drug-likeness (QED) is 0.649. The third-order valence-electron chi connectivity index (χ3n) is 3.75. The Morgan fingerprint density at radius 2 is 2.23 bits per heavy atom. The maximum atomic E-state index is 5.74. The zero-order valence-corrected chi connectivity index (χ0v) is 8.88. The standard InChI is InChI=1S/C11H21NO/c1-3-10(2)12-7-4-5-11(9-12)6-8-13-11/h10H,3-9H2,1-2H3. The molecule has 2 heteroatoms. The van der Waals surface area contributed by atoms with Crippen molar-refractivity contribution >= 4 is 0 Å². The fraction of sp³-hybridized carbons (Fsp3) is 1.00. The second kappa shape index (κ2) is 3.58. The molecule has 2 saturated heterocycles. The molecule has 0 bridgehead atoms. The molecule has 0 saturated carbocycles. The monoisotopic (exact) mass is 183 g/mol. The van der Waals surface area contributed by atoms with E-state index in [1.165, 1.54) is 38.8 Å². The molecule has 0 N–H and O–H groups in total. The number of nitrogens with zero attached hydrogens (tertiary/aromatic N) is 1. The van der Waals surface area contributed by atoms with Gasteiger partial charge in [0.1, 0.15) is 0 Å². The fourth-order valence-corrected chi connectivity index (χ4v) is 2.48. The van der Waals surface area contributed by atoms with Gasteiger partial charge in [0.25, 0.3) is 0 Å². The molecule has 2 aliphatic rings. The predicted molar refractivity (Wildman–Crippen MR) is 53.9 cm³/mol. The molecule has 2 aliphatic heterocycles. The van der Waals surface area contributed by atoms with Gasteiger partial charge in [-0.15, -0.1) is 0 Å². The van der Waals surface area contributed by atoms with Crippen molar-refractivity contribution in [3.63, 3.8) is 0 Å². The first kappa shape index (κ1) is 9.47. The van der Waals surface area contributed by atoms with E-state index in [9.17, 15) is 0 Å². The second-order valence-corrected chi connectivity index (χ2v) is 4.61. The normalized spacial score (nSPS) is 37.4. The van der Waals surface area contributed by atoms with Gasteiger partial charge in [0.15, 0.2) is 0 Å². The van der Waals surface area contributed by atoms with E-state index in [0.29, 0.717) is 0 Å². The van der Waals surface area contributed by atoms with Crippen LogP contribution in [0.25, 0.3) is 0 Å². The van der Waals surface area contributed by atoms with Crippen molar-refractivity contribution < 1.29 is 4.74 Å². The Bertz CT molecular complexity index is 177. The summed E-state index contributed by atoms with van der Waals surface area (Å²) in [4.78, 5) is 2.60. The summed E-state index contributed by atoms with van der Waals surface area (Å²) in [5, 5.41) is 0. The van der Waals surface area contributed by atoms with Gasteiger partial charge < -0.3 is 4.74 Å². The van der Waals surface area contributed by atoms with Crippen LogP contribution >= 0.6 is 0 Å². The molecule has 0 radical (unpaired) electrons. The van der Waals surface area contributed by atoms with Crippen LogP contribution in [0.4, 0.5) is 0 Å². The number of ether oxygens (including phenoxy) is 1. The predicted octanol–water partition coefficient (Wildman–Crippen LogP) is 2.04. The summed E-state index contributed by atoms with van der Waals surface area (Å²) in [6.45, 7) is 8.06. The minimum atomic E-state index is 0.279. The maximum Gasteiger partial charge on any atom is 0.0831 e. The van der Waals surface area contributed by atoms with Crippen LogP contribution in [0.3, 0.4) is 0 Å². The third-order valence-corrected chi connectivity index (χ3v) is 3.75. The van der Waals surface area contributed by atoms with Crippen LogP contribution in [0.15, 0.2) is 0 Å². The Balaban J connectivity index is 1.92. The Morgan fingerprint density at radius 3 is 2.77 bits per heavy atom. The molecule has 76 valence electrons. The number of hydrogen-bond donors (Lipinski definition) is 0. The molecule has 2 heterocycles. The van der Waals surface area contributed by atoms with Gasteiger partial charge in [0, 0.05) is 19.0 Å². The van der Waals surface area contributed by atoms with E-state index in [4.69, 9.17) is 4.74 Å². The smallest absolute Gasteiger partial charge is 0.0831 e.